The van der Waals surface area contributed by atoms with Gasteiger partial charge >= 0.3 is 54.8 Å². The molecule has 0 aliphatic heterocycles. The zero-order valence-electron chi connectivity index (χ0n) is 1.16. The molecular weight excluding hydrogens is 329 g/mol. The zero-order valence-corrected chi connectivity index (χ0v) is 5.58. The van der Waals surface area contributed by atoms with E-state index in [1.807, 2.05) is 0 Å². The summed E-state index contributed by atoms with van der Waals surface area (Å²) in [5.74, 6) is 0. The Labute approximate surface area is 84.8 Å². The van der Waals surface area contributed by atoms with Gasteiger partial charge in [-0.05, 0) is 0 Å². The fourth-order valence-corrected chi connectivity index (χ4v) is 0. The molecule has 0 aromatic rings. The van der Waals surface area contributed by atoms with Crippen LogP contribution in [0.2, 0.25) is 0 Å². The van der Waals surface area contributed by atoms with Crippen molar-refractivity contribution in [3.63, 3.8) is 0 Å². The van der Waals surface area contributed by atoms with Gasteiger partial charge in [0.1, 0.15) is 0 Å². The third kappa shape index (κ3) is 8.82. The standard InChI is InChI=1S/Bi.Ca.Cu.O.2H/q;;+2;-2;;. The van der Waals surface area contributed by atoms with Crippen molar-refractivity contribution in [3.05, 3.63) is 0 Å². The molecule has 0 unspecified atom stereocenters. The molecule has 0 spiro atoms. The van der Waals surface area contributed by atoms with E-state index < -0.39 is 0 Å². The summed E-state index contributed by atoms with van der Waals surface area (Å²) in [5.41, 5.74) is 0. The Bertz CT molecular complexity index is 8.00. The van der Waals surface area contributed by atoms with Crippen LogP contribution in [0.15, 0.2) is 0 Å². The summed E-state index contributed by atoms with van der Waals surface area (Å²) in [7, 11) is 0. The van der Waals surface area contributed by atoms with Crippen LogP contribution in [0.3, 0.4) is 0 Å². The number of hydrogen-bond acceptors (Lipinski definition) is 0. The Morgan fingerprint density at radius 1 is 1.00 bits per heavy atom. The van der Waals surface area contributed by atoms with Crippen molar-refractivity contribution in [2.45, 2.75) is 0 Å². The first kappa shape index (κ1) is 30.4. The van der Waals surface area contributed by atoms with Gasteiger partial charge in [0.15, 0.2) is 0 Å². The van der Waals surface area contributed by atoms with Crippen LogP contribution >= 0.6 is 0 Å². The molecule has 0 bridgehead atoms. The molecule has 0 heterocycles. The third-order valence-corrected chi connectivity index (χ3v) is 0. The second kappa shape index (κ2) is 17.5. The van der Waals surface area contributed by atoms with Crippen molar-refractivity contribution in [1.29, 1.82) is 0 Å². The van der Waals surface area contributed by atoms with Crippen molar-refractivity contribution >= 4 is 63.9 Å². The van der Waals surface area contributed by atoms with Crippen LogP contribution in [0.1, 0.15) is 0 Å². The quantitative estimate of drug-likeness (QED) is 0.488. The van der Waals surface area contributed by atoms with Crippen LogP contribution in [-0.4, -0.2) is 63.9 Å². The fraction of sp³-hybridized carbons (Fsp3) is 0. The Kier molecular flexibility index (Phi) is 133. The van der Waals surface area contributed by atoms with Crippen molar-refractivity contribution in [1.82, 2.24) is 0 Å². The molecule has 0 aromatic carbocycles. The maximum atomic E-state index is 0. The smallest absolute Gasteiger partial charge is 2.00 e. The maximum absolute atomic E-state index is 0. The van der Waals surface area contributed by atoms with E-state index in [0.717, 1.165) is 0 Å². The van der Waals surface area contributed by atoms with Gasteiger partial charge in [-0.2, -0.15) is 0 Å². The molecule has 4 heteroatoms. The van der Waals surface area contributed by atoms with Crippen LogP contribution in [0.25, 0.3) is 0 Å². The Morgan fingerprint density at radius 2 is 1.00 bits per heavy atom. The fourth-order valence-electron chi connectivity index (χ4n) is 0. The Morgan fingerprint density at radius 3 is 1.00 bits per heavy atom. The summed E-state index contributed by atoms with van der Waals surface area (Å²) in [6, 6.07) is 0. The molecule has 0 aliphatic carbocycles. The summed E-state index contributed by atoms with van der Waals surface area (Å²) >= 11 is 0. The number of rotatable bonds is 0. The zero-order chi connectivity index (χ0) is 0. The first-order valence-corrected chi connectivity index (χ1v) is 0. The molecule has 0 saturated carbocycles. The van der Waals surface area contributed by atoms with Crippen molar-refractivity contribution in [3.8, 4) is 0 Å². The summed E-state index contributed by atoms with van der Waals surface area (Å²) in [5, 5.41) is 0. The van der Waals surface area contributed by atoms with Gasteiger partial charge < -0.3 is 5.48 Å². The molecule has 26 valence electrons. The largest absolute Gasteiger partial charge is 2.00 e. The molecule has 0 aromatic heterocycles. The van der Waals surface area contributed by atoms with E-state index >= 15 is 0 Å². The van der Waals surface area contributed by atoms with Crippen LogP contribution in [-0.2, 0) is 22.5 Å². The van der Waals surface area contributed by atoms with Crippen molar-refractivity contribution < 1.29 is 22.5 Å². The van der Waals surface area contributed by atoms with Gasteiger partial charge in [0.25, 0.3) is 0 Å². The molecular formula is H2BiCaCuO. The second-order valence-corrected chi connectivity index (χ2v) is 0. The van der Waals surface area contributed by atoms with Crippen molar-refractivity contribution in [2.24, 2.45) is 0 Å². The molecule has 0 atom stereocenters. The summed E-state index contributed by atoms with van der Waals surface area (Å²) in [6.45, 7) is 0. The molecule has 0 fully saturated rings. The van der Waals surface area contributed by atoms with E-state index in [2.05, 4.69) is 0 Å². The Balaban J connectivity index is 0. The topological polar surface area (TPSA) is 28.5 Å². The van der Waals surface area contributed by atoms with Crippen LogP contribution in [0.4, 0.5) is 0 Å². The molecule has 4 heavy (non-hydrogen) atoms. The third-order valence-electron chi connectivity index (χ3n) is 0. The van der Waals surface area contributed by atoms with Gasteiger partial charge in [-0.3, -0.25) is 0 Å². The minimum atomic E-state index is 0. The van der Waals surface area contributed by atoms with Crippen LogP contribution in [0.5, 0.6) is 0 Å². The number of hydrogen-bond donors (Lipinski definition) is 0. The summed E-state index contributed by atoms with van der Waals surface area (Å²) in [6.07, 6.45) is 0. The SMILES string of the molecule is [Bi].[CaH2].[Cu+2].[O-2]. The van der Waals surface area contributed by atoms with E-state index in [0.29, 0.717) is 0 Å². The average Bonchev–Trinajstić information content (AvgIpc) is 0. The minimum absolute atomic E-state index is 0. The Hall–Kier alpha value is 2.62. The van der Waals surface area contributed by atoms with E-state index in [1.165, 1.54) is 0 Å². The predicted octanol–water partition coefficient (Wildman–Crippen LogP) is -1.42. The summed E-state index contributed by atoms with van der Waals surface area (Å²) < 4.78 is 0. The minimum Gasteiger partial charge on any atom is -2.00 e. The van der Waals surface area contributed by atoms with Crippen LogP contribution in [0, 0.1) is 0 Å². The van der Waals surface area contributed by atoms with E-state index in [9.17, 15) is 0 Å². The van der Waals surface area contributed by atoms with Gasteiger partial charge in [-0.15, -0.1) is 0 Å². The first-order chi connectivity index (χ1) is 0. The average molecular weight is 331 g/mol. The van der Waals surface area contributed by atoms with E-state index in [-0.39, 0.29) is 86.5 Å². The van der Waals surface area contributed by atoms with Gasteiger partial charge in [0.2, 0.25) is 0 Å². The monoisotopic (exact) mass is 330 g/mol. The second-order valence-electron chi connectivity index (χ2n) is 0. The normalized spacial score (nSPS) is 0. The van der Waals surface area contributed by atoms with Gasteiger partial charge in [0.05, 0.1) is 0 Å². The van der Waals surface area contributed by atoms with E-state index in [4.69, 9.17) is 0 Å². The molecule has 0 aliphatic rings. The van der Waals surface area contributed by atoms with Gasteiger partial charge in [-0.1, -0.05) is 0 Å². The maximum Gasteiger partial charge on any atom is 2.00 e. The molecule has 0 amide bonds. The molecule has 0 rings (SSSR count). The predicted molar refractivity (Wildman–Crippen MR) is 15.0 cm³/mol. The molecule has 4 radical (unpaired) electrons. The molecule has 0 saturated heterocycles. The van der Waals surface area contributed by atoms with Crippen LogP contribution < -0.4 is 0 Å². The van der Waals surface area contributed by atoms with Gasteiger partial charge in [0, 0.05) is 26.2 Å². The van der Waals surface area contributed by atoms with E-state index in [1.54, 1.807) is 0 Å². The first-order valence-electron chi connectivity index (χ1n) is 0. The summed E-state index contributed by atoms with van der Waals surface area (Å²) in [4.78, 5) is 0. The molecule has 0 N–H and O–H groups in total. The van der Waals surface area contributed by atoms with Crippen molar-refractivity contribution in [2.75, 3.05) is 0 Å². The van der Waals surface area contributed by atoms with Gasteiger partial charge in [-0.25, -0.2) is 0 Å². The molecule has 1 nitrogen and oxygen atoms in total.